The third-order valence-electron chi connectivity index (χ3n) is 6.97. The van der Waals surface area contributed by atoms with Crippen LogP contribution in [0.3, 0.4) is 0 Å². The van der Waals surface area contributed by atoms with Gasteiger partial charge in [-0.2, -0.15) is 10.2 Å². The van der Waals surface area contributed by atoms with Gasteiger partial charge in [0.05, 0.1) is 48.7 Å². The Labute approximate surface area is 232 Å². The van der Waals surface area contributed by atoms with Gasteiger partial charge in [-0.3, -0.25) is 10.2 Å². The van der Waals surface area contributed by atoms with Crippen LogP contribution in [0.2, 0.25) is 0 Å². The number of nitrogens with one attached hydrogen (secondary N) is 2. The SMILES string of the molecule is O=C1N(CC#Cc2cn[nH]c2)[C@H](Cc2ccccc2)[C@H](O)[C@@H](O)[C@@H](Cc2ccccc2)N1CC#Cc1cn[nH]c1. The van der Waals surface area contributed by atoms with E-state index in [2.05, 4.69) is 44.1 Å². The van der Waals surface area contributed by atoms with Gasteiger partial charge in [-0.1, -0.05) is 84.3 Å². The first-order valence-corrected chi connectivity index (χ1v) is 13.1. The van der Waals surface area contributed by atoms with Crippen molar-refractivity contribution in [3.05, 3.63) is 108 Å². The number of hydrogen-bond acceptors (Lipinski definition) is 5. The molecule has 1 aliphatic heterocycles. The van der Waals surface area contributed by atoms with Gasteiger partial charge in [0.25, 0.3) is 0 Å². The molecule has 0 spiro atoms. The number of H-pyrrole nitrogens is 2. The van der Waals surface area contributed by atoms with Crippen LogP contribution in [0.4, 0.5) is 4.79 Å². The minimum Gasteiger partial charge on any atom is -0.388 e. The molecule has 0 aliphatic carbocycles. The fourth-order valence-electron chi connectivity index (χ4n) is 4.91. The monoisotopic (exact) mass is 534 g/mol. The lowest BCUT2D eigenvalue weighted by Crippen LogP contribution is -2.51. The smallest absolute Gasteiger partial charge is 0.322 e. The summed E-state index contributed by atoms with van der Waals surface area (Å²) in [5, 5.41) is 36.5. The Morgan fingerprint density at radius 2 is 1.12 bits per heavy atom. The lowest BCUT2D eigenvalue weighted by atomic mass is 9.91. The predicted molar refractivity (Wildman–Crippen MR) is 150 cm³/mol. The zero-order chi connectivity index (χ0) is 27.7. The number of aromatic amines is 2. The van der Waals surface area contributed by atoms with Gasteiger partial charge in [0, 0.05) is 12.4 Å². The number of aliphatic hydroxyl groups excluding tert-OH is 2. The maximum atomic E-state index is 14.3. The first-order valence-electron chi connectivity index (χ1n) is 13.1. The third kappa shape index (κ3) is 6.41. The van der Waals surface area contributed by atoms with Crippen molar-refractivity contribution in [2.24, 2.45) is 0 Å². The lowest BCUT2D eigenvalue weighted by Gasteiger charge is -2.33. The quantitative estimate of drug-likeness (QED) is 0.283. The van der Waals surface area contributed by atoms with Crippen LogP contribution in [0.15, 0.2) is 85.5 Å². The Kier molecular flexibility index (Phi) is 8.57. The summed E-state index contributed by atoms with van der Waals surface area (Å²) in [4.78, 5) is 17.4. The summed E-state index contributed by atoms with van der Waals surface area (Å²) in [7, 11) is 0. The van der Waals surface area contributed by atoms with E-state index in [-0.39, 0.29) is 19.1 Å². The Bertz CT molecular complexity index is 1370. The van der Waals surface area contributed by atoms with E-state index in [1.807, 2.05) is 60.7 Å². The predicted octanol–water partition coefficient (Wildman–Crippen LogP) is 2.22. The minimum absolute atomic E-state index is 0.0506. The highest BCUT2D eigenvalue weighted by Crippen LogP contribution is 2.27. The zero-order valence-corrected chi connectivity index (χ0v) is 21.8. The number of aromatic nitrogens is 4. The molecular weight excluding hydrogens is 504 g/mol. The molecule has 0 radical (unpaired) electrons. The largest absolute Gasteiger partial charge is 0.388 e. The molecule has 1 aliphatic rings. The molecule has 4 atom stereocenters. The molecule has 9 nitrogen and oxygen atoms in total. The molecule has 202 valence electrons. The molecule has 2 aromatic heterocycles. The number of carbonyl (C=O) groups is 1. The summed E-state index contributed by atoms with van der Waals surface area (Å²) < 4.78 is 0. The Morgan fingerprint density at radius 1 is 0.700 bits per heavy atom. The van der Waals surface area contributed by atoms with Gasteiger partial charge in [-0.15, -0.1) is 0 Å². The van der Waals surface area contributed by atoms with Crippen molar-refractivity contribution in [3.63, 3.8) is 0 Å². The molecule has 5 rings (SSSR count). The van der Waals surface area contributed by atoms with Crippen molar-refractivity contribution >= 4 is 6.03 Å². The summed E-state index contributed by atoms with van der Waals surface area (Å²) in [6.45, 7) is 0.101. The molecule has 1 saturated heterocycles. The molecule has 4 aromatic rings. The Balaban J connectivity index is 1.52. The van der Waals surface area contributed by atoms with Gasteiger partial charge in [-0.05, 0) is 24.0 Å². The van der Waals surface area contributed by atoms with Crippen LogP contribution in [0.1, 0.15) is 22.3 Å². The van der Waals surface area contributed by atoms with Crippen LogP contribution < -0.4 is 0 Å². The van der Waals surface area contributed by atoms with Crippen molar-refractivity contribution in [1.82, 2.24) is 30.2 Å². The third-order valence-corrected chi connectivity index (χ3v) is 6.97. The minimum atomic E-state index is -1.22. The average Bonchev–Trinajstić information content (AvgIpc) is 3.70. The molecule has 2 aromatic carbocycles. The maximum Gasteiger partial charge on any atom is 0.322 e. The Hall–Kier alpha value is -4.83. The molecule has 0 saturated carbocycles. The van der Waals surface area contributed by atoms with Gasteiger partial charge in [0.1, 0.15) is 12.2 Å². The summed E-state index contributed by atoms with van der Waals surface area (Å²) in [5.74, 6) is 12.1. The zero-order valence-electron chi connectivity index (χ0n) is 21.8. The summed E-state index contributed by atoms with van der Waals surface area (Å²) in [6.07, 6.45) is 4.81. The van der Waals surface area contributed by atoms with E-state index in [0.717, 1.165) is 11.1 Å². The average molecular weight is 535 g/mol. The number of aliphatic hydroxyl groups is 2. The second kappa shape index (κ2) is 12.8. The van der Waals surface area contributed by atoms with Crippen LogP contribution >= 0.6 is 0 Å². The van der Waals surface area contributed by atoms with Gasteiger partial charge in [-0.25, -0.2) is 4.79 Å². The van der Waals surface area contributed by atoms with E-state index < -0.39 is 24.3 Å². The molecule has 9 heteroatoms. The van der Waals surface area contributed by atoms with E-state index in [9.17, 15) is 15.0 Å². The van der Waals surface area contributed by atoms with Crippen molar-refractivity contribution in [3.8, 4) is 23.7 Å². The highest BCUT2D eigenvalue weighted by molar-refractivity contribution is 5.77. The van der Waals surface area contributed by atoms with E-state index in [1.54, 1.807) is 34.6 Å². The number of hydrogen-bond donors (Lipinski definition) is 4. The number of carbonyl (C=O) groups excluding carboxylic acids is 1. The van der Waals surface area contributed by atoms with Crippen molar-refractivity contribution in [2.75, 3.05) is 13.1 Å². The molecule has 4 N–H and O–H groups in total. The first kappa shape index (κ1) is 26.8. The van der Waals surface area contributed by atoms with Crippen LogP contribution in [-0.2, 0) is 12.8 Å². The number of amides is 2. The van der Waals surface area contributed by atoms with Crippen LogP contribution in [0.5, 0.6) is 0 Å². The highest BCUT2D eigenvalue weighted by Gasteiger charge is 2.45. The molecule has 1 fully saturated rings. The molecule has 0 unspecified atom stereocenters. The molecule has 40 heavy (non-hydrogen) atoms. The summed E-state index contributed by atoms with van der Waals surface area (Å²) >= 11 is 0. The fourth-order valence-corrected chi connectivity index (χ4v) is 4.91. The fraction of sp³-hybridized carbons (Fsp3) is 0.258. The van der Waals surface area contributed by atoms with Crippen molar-refractivity contribution in [2.45, 2.75) is 37.1 Å². The number of urea groups is 1. The normalized spacial score (nSPS) is 20.7. The standard InChI is InChI=1S/C31H30N6O3/c38-29-27(17-23-9-3-1-4-10-23)36(15-7-13-25-19-32-33-20-25)31(40)37(16-8-14-26-21-34-35-22-26)28(30(29)39)18-24-11-5-2-6-12-24/h1-6,9-12,19-22,27-30,38-39H,15-18H2,(H,32,33)(H,34,35)/t27-,28-,29+,30+/m1/s1. The van der Waals surface area contributed by atoms with Crippen LogP contribution in [0.25, 0.3) is 0 Å². The maximum absolute atomic E-state index is 14.3. The topological polar surface area (TPSA) is 121 Å². The van der Waals surface area contributed by atoms with Crippen LogP contribution in [0, 0.1) is 23.7 Å². The van der Waals surface area contributed by atoms with Gasteiger partial charge in [0.15, 0.2) is 0 Å². The van der Waals surface area contributed by atoms with E-state index >= 15 is 0 Å². The molecule has 2 amide bonds. The number of benzene rings is 2. The van der Waals surface area contributed by atoms with Gasteiger partial charge >= 0.3 is 6.03 Å². The second-order valence-electron chi connectivity index (χ2n) is 9.61. The van der Waals surface area contributed by atoms with Crippen molar-refractivity contribution < 1.29 is 15.0 Å². The van der Waals surface area contributed by atoms with Gasteiger partial charge < -0.3 is 20.0 Å². The van der Waals surface area contributed by atoms with E-state index in [1.165, 1.54) is 0 Å². The van der Waals surface area contributed by atoms with E-state index in [0.29, 0.717) is 24.0 Å². The van der Waals surface area contributed by atoms with Crippen LogP contribution in [-0.4, -0.2) is 83.8 Å². The molecular formula is C31H30N6O3. The molecule has 3 heterocycles. The van der Waals surface area contributed by atoms with E-state index in [4.69, 9.17) is 0 Å². The summed E-state index contributed by atoms with van der Waals surface area (Å²) in [5.41, 5.74) is 3.25. The number of nitrogens with zero attached hydrogens (tertiary/aromatic N) is 4. The number of rotatable bonds is 6. The van der Waals surface area contributed by atoms with Gasteiger partial charge in [0.2, 0.25) is 0 Å². The first-order chi connectivity index (χ1) is 19.6. The Morgan fingerprint density at radius 3 is 1.50 bits per heavy atom. The molecule has 0 bridgehead atoms. The van der Waals surface area contributed by atoms with Crippen molar-refractivity contribution in [1.29, 1.82) is 0 Å². The highest BCUT2D eigenvalue weighted by atomic mass is 16.3. The second-order valence-corrected chi connectivity index (χ2v) is 9.61. The summed E-state index contributed by atoms with van der Waals surface area (Å²) in [6, 6.07) is 17.5. The lowest BCUT2D eigenvalue weighted by molar-refractivity contribution is -0.0374.